The fourth-order valence-corrected chi connectivity index (χ4v) is 5.91. The molecule has 41 heavy (non-hydrogen) atoms. The molecule has 0 bridgehead atoms. The standard InChI is InChI=1S/C31H26F6N2O2/c1-27(2,40)23-15-17(11-13-25(23)38)28(21-9-5-3-7-19(21)20-8-4-6-10-22(20)28)18-12-14-26(39)24(16-18)29(41,30(32,33)34)31(35,36)37/h3-16,40-41H,38-39H2,1-2H3. The Kier molecular flexibility index (Phi) is 6.25. The number of aliphatic hydroxyl groups is 2. The van der Waals surface area contributed by atoms with Gasteiger partial charge in [-0.3, -0.25) is 0 Å². The number of nitrogen functional groups attached to an aromatic ring is 2. The largest absolute Gasteiger partial charge is 0.430 e. The molecule has 10 heteroatoms. The lowest BCUT2D eigenvalue weighted by Gasteiger charge is -2.38. The van der Waals surface area contributed by atoms with Crippen LogP contribution in [0, 0.1) is 0 Å². The predicted octanol–water partition coefficient (Wildman–Crippen LogP) is 6.75. The average Bonchev–Trinajstić information content (AvgIpc) is 3.18. The maximum atomic E-state index is 14.0. The van der Waals surface area contributed by atoms with Crippen molar-refractivity contribution in [1.82, 2.24) is 0 Å². The first-order valence-electron chi connectivity index (χ1n) is 12.5. The number of halogens is 6. The van der Waals surface area contributed by atoms with Crippen LogP contribution in [0.25, 0.3) is 11.1 Å². The van der Waals surface area contributed by atoms with Crippen molar-refractivity contribution in [2.75, 3.05) is 11.5 Å². The topological polar surface area (TPSA) is 92.5 Å². The number of rotatable bonds is 4. The molecule has 0 fully saturated rings. The summed E-state index contributed by atoms with van der Waals surface area (Å²) >= 11 is 0. The minimum absolute atomic E-state index is 0.00232. The lowest BCUT2D eigenvalue weighted by molar-refractivity contribution is -0.376. The second-order valence-corrected chi connectivity index (χ2v) is 10.7. The highest BCUT2D eigenvalue weighted by Gasteiger charge is 2.72. The minimum atomic E-state index is -6.13. The van der Waals surface area contributed by atoms with Gasteiger partial charge in [0.25, 0.3) is 5.60 Å². The monoisotopic (exact) mass is 572 g/mol. The summed E-state index contributed by atoms with van der Waals surface area (Å²) in [5.41, 5.74) is 4.92. The van der Waals surface area contributed by atoms with Crippen molar-refractivity contribution < 1.29 is 36.6 Å². The zero-order valence-electron chi connectivity index (χ0n) is 21.9. The van der Waals surface area contributed by atoms with E-state index in [2.05, 4.69) is 0 Å². The van der Waals surface area contributed by atoms with Gasteiger partial charge in [-0.25, -0.2) is 0 Å². The first-order valence-corrected chi connectivity index (χ1v) is 12.5. The Balaban J connectivity index is 1.96. The van der Waals surface area contributed by atoms with E-state index < -0.39 is 40.2 Å². The molecule has 0 heterocycles. The molecule has 5 rings (SSSR count). The Morgan fingerprint density at radius 2 is 0.976 bits per heavy atom. The molecule has 1 aliphatic carbocycles. The summed E-state index contributed by atoms with van der Waals surface area (Å²) < 4.78 is 84.2. The van der Waals surface area contributed by atoms with Gasteiger partial charge in [0.2, 0.25) is 0 Å². The van der Waals surface area contributed by atoms with Gasteiger partial charge in [-0.05, 0) is 71.5 Å². The van der Waals surface area contributed by atoms with Crippen molar-refractivity contribution in [1.29, 1.82) is 0 Å². The molecular formula is C31H26F6N2O2. The van der Waals surface area contributed by atoms with E-state index in [9.17, 15) is 36.6 Å². The molecule has 4 aromatic rings. The van der Waals surface area contributed by atoms with E-state index in [1.807, 2.05) is 12.1 Å². The van der Waals surface area contributed by atoms with Crippen LogP contribution < -0.4 is 11.5 Å². The van der Waals surface area contributed by atoms with E-state index in [0.717, 1.165) is 6.07 Å². The molecular weight excluding hydrogens is 546 g/mol. The summed E-state index contributed by atoms with van der Waals surface area (Å²) in [4.78, 5) is 0. The van der Waals surface area contributed by atoms with Gasteiger partial charge < -0.3 is 21.7 Å². The molecule has 6 N–H and O–H groups in total. The molecule has 0 saturated heterocycles. The Morgan fingerprint density at radius 3 is 1.39 bits per heavy atom. The van der Waals surface area contributed by atoms with E-state index in [-0.39, 0.29) is 11.3 Å². The molecule has 4 aromatic carbocycles. The van der Waals surface area contributed by atoms with Crippen LogP contribution in [0.15, 0.2) is 84.9 Å². The third-order valence-corrected chi connectivity index (χ3v) is 7.79. The number of alkyl halides is 6. The fraction of sp³-hybridized carbons (Fsp3) is 0.226. The van der Waals surface area contributed by atoms with Crippen molar-refractivity contribution in [2.45, 2.75) is 42.8 Å². The van der Waals surface area contributed by atoms with Gasteiger partial charge in [0.15, 0.2) is 0 Å². The van der Waals surface area contributed by atoms with E-state index >= 15 is 0 Å². The normalized spacial score (nSPS) is 15.0. The molecule has 0 atom stereocenters. The van der Waals surface area contributed by atoms with Gasteiger partial charge in [-0.1, -0.05) is 60.7 Å². The van der Waals surface area contributed by atoms with Crippen LogP contribution in [0.2, 0.25) is 0 Å². The zero-order chi connectivity index (χ0) is 30.2. The third kappa shape index (κ3) is 3.99. The number of benzene rings is 4. The highest BCUT2D eigenvalue weighted by molar-refractivity contribution is 5.86. The average molecular weight is 573 g/mol. The number of nitrogens with two attached hydrogens (primary N) is 2. The number of hydrogen-bond donors (Lipinski definition) is 4. The molecule has 0 aromatic heterocycles. The fourth-order valence-electron chi connectivity index (χ4n) is 5.91. The molecule has 0 spiro atoms. The third-order valence-electron chi connectivity index (χ3n) is 7.79. The number of fused-ring (bicyclic) bond motifs is 3. The lowest BCUT2D eigenvalue weighted by Crippen LogP contribution is -2.54. The maximum Gasteiger partial charge on any atom is 0.430 e. The summed E-state index contributed by atoms with van der Waals surface area (Å²) in [5.74, 6) is 0. The lowest BCUT2D eigenvalue weighted by atomic mass is 9.66. The van der Waals surface area contributed by atoms with Crippen LogP contribution >= 0.6 is 0 Å². The smallest absolute Gasteiger partial charge is 0.398 e. The van der Waals surface area contributed by atoms with Gasteiger partial charge in [0.05, 0.1) is 11.0 Å². The van der Waals surface area contributed by atoms with Gasteiger partial charge >= 0.3 is 12.4 Å². The molecule has 0 saturated carbocycles. The minimum Gasteiger partial charge on any atom is -0.398 e. The van der Waals surface area contributed by atoms with E-state index in [4.69, 9.17) is 11.5 Å². The molecule has 214 valence electrons. The summed E-state index contributed by atoms with van der Waals surface area (Å²) in [6.45, 7) is 3.03. The van der Waals surface area contributed by atoms with Crippen LogP contribution in [-0.4, -0.2) is 22.6 Å². The van der Waals surface area contributed by atoms with Crippen LogP contribution in [-0.2, 0) is 16.6 Å². The predicted molar refractivity (Wildman–Crippen MR) is 144 cm³/mol. The van der Waals surface area contributed by atoms with E-state index in [1.165, 1.54) is 26.0 Å². The SMILES string of the molecule is CC(C)(O)c1cc(C2(c3ccc(N)c(C(O)(C(F)(F)F)C(F)(F)F)c3)c3ccccc3-c3ccccc32)ccc1N. The second kappa shape index (κ2) is 8.99. The summed E-state index contributed by atoms with van der Waals surface area (Å²) in [5, 5.41) is 21.2. The van der Waals surface area contributed by atoms with Crippen LogP contribution in [0.3, 0.4) is 0 Å². The molecule has 0 radical (unpaired) electrons. The first kappa shape index (κ1) is 28.5. The Morgan fingerprint density at radius 1 is 0.585 bits per heavy atom. The molecule has 0 unspecified atom stereocenters. The highest BCUT2D eigenvalue weighted by Crippen LogP contribution is 2.58. The van der Waals surface area contributed by atoms with Crippen molar-refractivity contribution in [2.24, 2.45) is 0 Å². The van der Waals surface area contributed by atoms with Gasteiger partial charge in [-0.2, -0.15) is 26.3 Å². The van der Waals surface area contributed by atoms with Crippen LogP contribution in [0.1, 0.15) is 47.2 Å². The number of hydrogen-bond acceptors (Lipinski definition) is 4. The van der Waals surface area contributed by atoms with E-state index in [1.54, 1.807) is 48.5 Å². The van der Waals surface area contributed by atoms with Crippen molar-refractivity contribution >= 4 is 11.4 Å². The quantitative estimate of drug-likeness (QED) is 0.142. The summed E-state index contributed by atoms with van der Waals surface area (Å²) in [7, 11) is 0. The number of anilines is 2. The van der Waals surface area contributed by atoms with Crippen LogP contribution in [0.5, 0.6) is 0 Å². The molecule has 1 aliphatic rings. The Bertz CT molecular complexity index is 1590. The van der Waals surface area contributed by atoms with Gasteiger partial charge in [-0.15, -0.1) is 0 Å². The Labute approximate surface area is 231 Å². The molecule has 0 aliphatic heterocycles. The highest BCUT2D eigenvalue weighted by atomic mass is 19.4. The molecule has 4 nitrogen and oxygen atoms in total. The zero-order valence-corrected chi connectivity index (χ0v) is 21.9. The van der Waals surface area contributed by atoms with E-state index in [0.29, 0.717) is 39.4 Å². The van der Waals surface area contributed by atoms with Crippen molar-refractivity contribution in [3.05, 3.63) is 118 Å². The van der Waals surface area contributed by atoms with Crippen LogP contribution in [0.4, 0.5) is 37.7 Å². The molecule has 0 amide bonds. The second-order valence-electron chi connectivity index (χ2n) is 10.7. The van der Waals surface area contributed by atoms with Crippen molar-refractivity contribution in [3.63, 3.8) is 0 Å². The van der Waals surface area contributed by atoms with Crippen molar-refractivity contribution in [3.8, 4) is 11.1 Å². The Hall–Kier alpha value is -4.02. The maximum absolute atomic E-state index is 14.0. The van der Waals surface area contributed by atoms with Gasteiger partial charge in [0, 0.05) is 22.5 Å². The summed E-state index contributed by atoms with van der Waals surface area (Å²) in [6.07, 6.45) is -12.3. The first-order chi connectivity index (χ1) is 19.0. The van der Waals surface area contributed by atoms with Gasteiger partial charge in [0.1, 0.15) is 0 Å². The summed E-state index contributed by atoms with van der Waals surface area (Å²) in [6, 6.07) is 21.8.